The zero-order chi connectivity index (χ0) is 20.3. The second kappa shape index (κ2) is 8.33. The van der Waals surface area contributed by atoms with Crippen molar-refractivity contribution in [2.24, 2.45) is 5.92 Å². The van der Waals surface area contributed by atoms with Crippen LogP contribution in [0.5, 0.6) is 0 Å². The third-order valence-corrected chi connectivity index (χ3v) is 7.45. The second-order valence-corrected chi connectivity index (χ2v) is 9.60. The standard InChI is InChI=1S/C17H20N4O5S2/c1-12-6-8-20(9-7-12)28(25,26)14-4-2-13(3-5-14)15(22)10-18-17-19-11-16(27-17)21(23)24/h2-5,11-12H,6-10H2,1H3,(H,18,19). The van der Waals surface area contributed by atoms with E-state index in [1.54, 1.807) is 0 Å². The number of carbonyl (C=O) groups excluding carboxylic acids is 1. The van der Waals surface area contributed by atoms with Crippen LogP contribution < -0.4 is 5.32 Å². The number of anilines is 1. The molecule has 0 saturated carbocycles. The summed E-state index contributed by atoms with van der Waals surface area (Å²) in [7, 11) is -3.55. The number of Topliss-reactive ketones (excluding diaryl/α,β-unsaturated/α-hetero) is 1. The average Bonchev–Trinajstić information content (AvgIpc) is 3.16. The quantitative estimate of drug-likeness (QED) is 0.412. The van der Waals surface area contributed by atoms with Crippen LogP contribution in [0.2, 0.25) is 0 Å². The molecule has 0 unspecified atom stereocenters. The van der Waals surface area contributed by atoms with Crippen molar-refractivity contribution in [3.63, 3.8) is 0 Å². The Labute approximate surface area is 166 Å². The lowest BCUT2D eigenvalue weighted by Gasteiger charge is -2.29. The van der Waals surface area contributed by atoms with E-state index in [9.17, 15) is 23.3 Å². The van der Waals surface area contributed by atoms with E-state index in [0.717, 1.165) is 30.4 Å². The summed E-state index contributed by atoms with van der Waals surface area (Å²) >= 11 is 0.842. The third-order valence-electron chi connectivity index (χ3n) is 4.63. The van der Waals surface area contributed by atoms with Gasteiger partial charge in [-0.3, -0.25) is 14.9 Å². The maximum atomic E-state index is 12.7. The molecule has 1 N–H and O–H groups in total. The Morgan fingerprint density at radius 3 is 2.54 bits per heavy atom. The van der Waals surface area contributed by atoms with Crippen molar-refractivity contribution >= 4 is 37.3 Å². The lowest BCUT2D eigenvalue weighted by molar-refractivity contribution is -0.380. The second-order valence-electron chi connectivity index (χ2n) is 6.65. The highest BCUT2D eigenvalue weighted by Gasteiger charge is 2.28. The van der Waals surface area contributed by atoms with E-state index in [2.05, 4.69) is 17.2 Å². The number of hydrogen-bond acceptors (Lipinski definition) is 8. The molecule has 1 fully saturated rings. The molecule has 0 bridgehead atoms. The molecule has 150 valence electrons. The molecular formula is C17H20N4O5S2. The van der Waals surface area contributed by atoms with E-state index in [1.165, 1.54) is 28.6 Å². The number of nitrogens with one attached hydrogen (secondary N) is 1. The first-order valence-corrected chi connectivity index (χ1v) is 11.0. The smallest absolute Gasteiger partial charge is 0.345 e. The molecule has 1 aromatic heterocycles. The highest BCUT2D eigenvalue weighted by Crippen LogP contribution is 2.25. The van der Waals surface area contributed by atoms with Crippen molar-refractivity contribution in [1.29, 1.82) is 0 Å². The number of nitro groups is 1. The Morgan fingerprint density at radius 2 is 1.96 bits per heavy atom. The van der Waals surface area contributed by atoms with Crippen LogP contribution in [0.1, 0.15) is 30.1 Å². The van der Waals surface area contributed by atoms with Gasteiger partial charge in [-0.15, -0.1) is 0 Å². The number of carbonyl (C=O) groups is 1. The number of thiazole rings is 1. The van der Waals surface area contributed by atoms with Crippen molar-refractivity contribution in [3.05, 3.63) is 46.1 Å². The van der Waals surface area contributed by atoms with Gasteiger partial charge in [0.25, 0.3) is 0 Å². The van der Waals surface area contributed by atoms with E-state index in [4.69, 9.17) is 0 Å². The van der Waals surface area contributed by atoms with Gasteiger partial charge in [0.15, 0.2) is 10.9 Å². The van der Waals surface area contributed by atoms with Crippen LogP contribution in [-0.4, -0.2) is 48.0 Å². The molecule has 1 aromatic carbocycles. The Kier molecular flexibility index (Phi) is 6.06. The summed E-state index contributed by atoms with van der Waals surface area (Å²) in [4.78, 5) is 26.4. The number of nitrogens with zero attached hydrogens (tertiary/aromatic N) is 3. The maximum Gasteiger partial charge on any atom is 0.345 e. The molecule has 1 saturated heterocycles. The minimum absolute atomic E-state index is 0.0965. The lowest BCUT2D eigenvalue weighted by Crippen LogP contribution is -2.37. The Morgan fingerprint density at radius 1 is 1.32 bits per heavy atom. The molecule has 0 amide bonds. The average molecular weight is 425 g/mol. The summed E-state index contributed by atoms with van der Waals surface area (Å²) in [5.74, 6) is 0.256. The topological polar surface area (TPSA) is 123 Å². The summed E-state index contributed by atoms with van der Waals surface area (Å²) < 4.78 is 26.9. The predicted octanol–water partition coefficient (Wildman–Crippen LogP) is 2.77. The first kappa shape index (κ1) is 20.4. The molecule has 0 spiro atoms. The Bertz CT molecular complexity index is 964. The van der Waals surface area contributed by atoms with Gasteiger partial charge in [0.2, 0.25) is 10.0 Å². The van der Waals surface area contributed by atoms with E-state index >= 15 is 0 Å². The SMILES string of the molecule is CC1CCN(S(=O)(=O)c2ccc(C(=O)CNc3ncc([N+](=O)[O-])s3)cc2)CC1. The fourth-order valence-electron chi connectivity index (χ4n) is 2.88. The molecule has 0 atom stereocenters. The molecule has 28 heavy (non-hydrogen) atoms. The van der Waals surface area contributed by atoms with E-state index in [1.807, 2.05) is 0 Å². The van der Waals surface area contributed by atoms with Crippen LogP contribution >= 0.6 is 11.3 Å². The predicted molar refractivity (Wildman–Crippen MR) is 105 cm³/mol. The third kappa shape index (κ3) is 4.54. The number of sulfonamides is 1. The Hall–Kier alpha value is -2.37. The zero-order valence-electron chi connectivity index (χ0n) is 15.2. The number of hydrogen-bond donors (Lipinski definition) is 1. The summed E-state index contributed by atoms with van der Waals surface area (Å²) in [5, 5.41) is 13.6. The van der Waals surface area contributed by atoms with Crippen LogP contribution in [0.15, 0.2) is 35.4 Å². The van der Waals surface area contributed by atoms with Gasteiger partial charge in [0.05, 0.1) is 16.4 Å². The molecule has 3 rings (SSSR count). The van der Waals surface area contributed by atoms with Crippen molar-refractivity contribution < 1.29 is 18.1 Å². The van der Waals surface area contributed by atoms with E-state index in [0.29, 0.717) is 24.6 Å². The normalized spacial score (nSPS) is 16.0. The summed E-state index contributed by atoms with van der Waals surface area (Å²) in [6, 6.07) is 5.84. The van der Waals surface area contributed by atoms with Crippen LogP contribution in [0.25, 0.3) is 0 Å². The van der Waals surface area contributed by atoms with Gasteiger partial charge in [-0.05, 0) is 54.4 Å². The molecule has 9 nitrogen and oxygen atoms in total. The molecule has 11 heteroatoms. The van der Waals surface area contributed by atoms with Crippen LogP contribution in [0.3, 0.4) is 0 Å². The summed E-state index contributed by atoms with van der Waals surface area (Å²) in [5.41, 5.74) is 0.352. The van der Waals surface area contributed by atoms with E-state index in [-0.39, 0.29) is 27.4 Å². The lowest BCUT2D eigenvalue weighted by atomic mass is 10.0. The molecule has 0 radical (unpaired) electrons. The highest BCUT2D eigenvalue weighted by atomic mass is 32.2. The van der Waals surface area contributed by atoms with Crippen LogP contribution in [0.4, 0.5) is 10.1 Å². The van der Waals surface area contributed by atoms with Gasteiger partial charge >= 0.3 is 5.00 Å². The van der Waals surface area contributed by atoms with Gasteiger partial charge in [-0.25, -0.2) is 13.4 Å². The number of rotatable bonds is 7. The fourth-order valence-corrected chi connectivity index (χ4v) is 4.97. The molecular weight excluding hydrogens is 404 g/mol. The molecule has 2 aromatic rings. The van der Waals surface area contributed by atoms with Gasteiger partial charge in [-0.1, -0.05) is 6.92 Å². The van der Waals surface area contributed by atoms with Crippen LogP contribution in [0, 0.1) is 16.0 Å². The minimum Gasteiger partial charge on any atom is -0.354 e. The molecule has 1 aliphatic heterocycles. The number of benzene rings is 1. The first-order valence-electron chi connectivity index (χ1n) is 8.75. The fraction of sp³-hybridized carbons (Fsp3) is 0.412. The molecule has 2 heterocycles. The van der Waals surface area contributed by atoms with E-state index < -0.39 is 14.9 Å². The zero-order valence-corrected chi connectivity index (χ0v) is 16.8. The maximum absolute atomic E-state index is 12.7. The van der Waals surface area contributed by atoms with Crippen LogP contribution in [-0.2, 0) is 10.0 Å². The summed E-state index contributed by atoms with van der Waals surface area (Å²) in [6.07, 6.45) is 2.81. The summed E-state index contributed by atoms with van der Waals surface area (Å²) in [6.45, 7) is 3.03. The van der Waals surface area contributed by atoms with Crippen molar-refractivity contribution in [2.45, 2.75) is 24.7 Å². The van der Waals surface area contributed by atoms with Gasteiger partial charge in [-0.2, -0.15) is 4.31 Å². The Balaban J connectivity index is 1.62. The largest absolute Gasteiger partial charge is 0.354 e. The molecule has 0 aliphatic carbocycles. The highest BCUT2D eigenvalue weighted by molar-refractivity contribution is 7.89. The number of aromatic nitrogens is 1. The van der Waals surface area contributed by atoms with Gasteiger partial charge in [0.1, 0.15) is 6.20 Å². The monoisotopic (exact) mass is 424 g/mol. The first-order chi connectivity index (χ1) is 13.3. The minimum atomic E-state index is -3.55. The van der Waals surface area contributed by atoms with Crippen molar-refractivity contribution in [3.8, 4) is 0 Å². The molecule has 1 aliphatic rings. The van der Waals surface area contributed by atoms with Crippen molar-refractivity contribution in [1.82, 2.24) is 9.29 Å². The number of piperidine rings is 1. The number of ketones is 1. The van der Waals surface area contributed by atoms with Gasteiger partial charge in [0, 0.05) is 18.7 Å². The van der Waals surface area contributed by atoms with Crippen molar-refractivity contribution in [2.75, 3.05) is 25.0 Å². The van der Waals surface area contributed by atoms with Gasteiger partial charge < -0.3 is 5.32 Å².